The van der Waals surface area contributed by atoms with Gasteiger partial charge in [-0.15, -0.1) is 10.2 Å². The lowest BCUT2D eigenvalue weighted by atomic mass is 10.0. The van der Waals surface area contributed by atoms with Gasteiger partial charge < -0.3 is 13.9 Å². The largest absolute Gasteiger partial charge is 0.454 e. The van der Waals surface area contributed by atoms with Crippen LogP contribution in [0.5, 0.6) is 0 Å². The maximum atomic E-state index is 13.6. The van der Waals surface area contributed by atoms with E-state index in [1.54, 1.807) is 0 Å². The first-order valence-corrected chi connectivity index (χ1v) is 15.7. The Kier molecular flexibility index (Phi) is 5.29. The van der Waals surface area contributed by atoms with Gasteiger partial charge in [0.05, 0.1) is 5.69 Å². The van der Waals surface area contributed by atoms with Crippen molar-refractivity contribution in [3.05, 3.63) is 77.7 Å². The Balaban J connectivity index is 1.12. The molecule has 2 bridgehead atoms. The molecule has 3 unspecified atom stereocenters. The van der Waals surface area contributed by atoms with Crippen LogP contribution in [-0.2, 0) is 6.54 Å². The lowest BCUT2D eigenvalue weighted by Gasteiger charge is -2.27. The van der Waals surface area contributed by atoms with Crippen LogP contribution in [0.25, 0.3) is 50.1 Å². The first-order chi connectivity index (χ1) is 20.9. The molecule has 0 spiro atoms. The number of amides is 1. The summed E-state index contributed by atoms with van der Waals surface area (Å²) in [6.45, 7) is 8.28. The monoisotopic (exact) mass is 569 g/mol. The number of furan rings is 1. The molecular formula is C36H35N5O2. The molecule has 1 saturated heterocycles. The summed E-state index contributed by atoms with van der Waals surface area (Å²) in [5.41, 5.74) is 8.10. The molecule has 2 aliphatic carbocycles. The normalized spacial score (nSPS) is 21.7. The van der Waals surface area contributed by atoms with Crippen molar-refractivity contribution in [1.29, 1.82) is 0 Å². The summed E-state index contributed by atoms with van der Waals surface area (Å²) < 4.78 is 11.1. The van der Waals surface area contributed by atoms with E-state index in [1.165, 1.54) is 30.2 Å². The minimum atomic E-state index is 0.145. The van der Waals surface area contributed by atoms with Gasteiger partial charge in [0.25, 0.3) is 5.91 Å². The van der Waals surface area contributed by atoms with Crippen LogP contribution < -0.4 is 0 Å². The summed E-state index contributed by atoms with van der Waals surface area (Å²) >= 11 is 0. The number of hydrogen-bond donors (Lipinski definition) is 0. The van der Waals surface area contributed by atoms with Gasteiger partial charge in [0.1, 0.15) is 11.4 Å². The van der Waals surface area contributed by atoms with Gasteiger partial charge in [-0.3, -0.25) is 9.20 Å². The van der Waals surface area contributed by atoms with E-state index in [0.29, 0.717) is 23.8 Å². The second-order valence-electron chi connectivity index (χ2n) is 13.2. The second-order valence-corrected chi connectivity index (χ2v) is 13.2. The third-order valence-corrected chi connectivity index (χ3v) is 10.6. The van der Waals surface area contributed by atoms with Crippen molar-refractivity contribution in [1.82, 2.24) is 24.1 Å². The average Bonchev–Trinajstić information content (AvgIpc) is 3.23. The van der Waals surface area contributed by atoms with Crippen molar-refractivity contribution in [2.45, 2.75) is 59.0 Å². The highest BCUT2D eigenvalue weighted by Crippen LogP contribution is 2.44. The number of nitrogens with zero attached hydrogens (tertiary/aromatic N) is 5. The van der Waals surface area contributed by atoms with E-state index in [4.69, 9.17) is 4.42 Å². The zero-order valence-corrected chi connectivity index (χ0v) is 24.9. The van der Waals surface area contributed by atoms with Gasteiger partial charge in [-0.2, -0.15) is 0 Å². The van der Waals surface area contributed by atoms with Crippen molar-refractivity contribution < 1.29 is 9.21 Å². The molecule has 4 aromatic heterocycles. The molecule has 1 amide bonds. The minimum Gasteiger partial charge on any atom is -0.454 e. The number of piperidine rings is 1. The van der Waals surface area contributed by atoms with E-state index in [-0.39, 0.29) is 5.91 Å². The van der Waals surface area contributed by atoms with Gasteiger partial charge in [0, 0.05) is 52.7 Å². The number of aromatic nitrogens is 4. The zero-order chi connectivity index (χ0) is 29.0. The quantitative estimate of drug-likeness (QED) is 0.214. The van der Waals surface area contributed by atoms with E-state index >= 15 is 0 Å². The molecule has 1 aliphatic heterocycles. The number of benzene rings is 2. The Morgan fingerprint density at radius 1 is 0.953 bits per heavy atom. The van der Waals surface area contributed by atoms with Crippen LogP contribution in [-0.4, -0.2) is 42.6 Å². The molecule has 43 heavy (non-hydrogen) atoms. The number of carbonyl (C=O) groups excluding carboxylic acids is 1. The van der Waals surface area contributed by atoms with Crippen LogP contribution >= 0.6 is 0 Å². The Morgan fingerprint density at radius 3 is 2.60 bits per heavy atom. The number of rotatable bonds is 5. The topological polar surface area (TPSA) is 68.6 Å². The highest BCUT2D eigenvalue weighted by Gasteiger charge is 2.46. The standard InChI is InChI=1S/C36H35N5O2/c1-20-28-9-11-30(20)41(19-28)36(42)27-8-10-29-21(2)35(43-33(29)16-27)32-15-26-7-6-24(14-31(26)40(32)18-23-4-5-23)25-12-13-39-22(3)37-38-34(39)17-25/h6-8,10,12-17,20,23,28,30H,4-5,9,11,18-19H2,1-3H3. The number of hydrogen-bond acceptors (Lipinski definition) is 4. The molecule has 7 nitrogen and oxygen atoms in total. The van der Waals surface area contributed by atoms with Gasteiger partial charge in [0.15, 0.2) is 11.4 Å². The number of carbonyl (C=O) groups is 1. The van der Waals surface area contributed by atoms with Crippen molar-refractivity contribution in [2.24, 2.45) is 17.8 Å². The average molecular weight is 570 g/mol. The first-order valence-electron chi connectivity index (χ1n) is 15.7. The van der Waals surface area contributed by atoms with Crippen molar-refractivity contribution in [3.63, 3.8) is 0 Å². The van der Waals surface area contributed by atoms with Crippen LogP contribution in [0, 0.1) is 31.6 Å². The lowest BCUT2D eigenvalue weighted by Crippen LogP contribution is -2.38. The van der Waals surface area contributed by atoms with E-state index in [9.17, 15) is 4.79 Å². The number of pyridine rings is 1. The van der Waals surface area contributed by atoms with Crippen molar-refractivity contribution >= 4 is 33.4 Å². The molecule has 0 N–H and O–H groups in total. The molecule has 3 aliphatic rings. The summed E-state index contributed by atoms with van der Waals surface area (Å²) in [4.78, 5) is 15.7. The summed E-state index contributed by atoms with van der Waals surface area (Å²) in [5, 5.41) is 10.8. The number of likely N-dealkylation sites (tertiary alicyclic amines) is 1. The number of fused-ring (bicyclic) bond motifs is 5. The van der Waals surface area contributed by atoms with Crippen molar-refractivity contribution in [2.75, 3.05) is 6.54 Å². The maximum Gasteiger partial charge on any atom is 0.254 e. The van der Waals surface area contributed by atoms with Gasteiger partial charge >= 0.3 is 0 Å². The van der Waals surface area contributed by atoms with Crippen LogP contribution in [0.3, 0.4) is 0 Å². The fraction of sp³-hybridized carbons (Fsp3) is 0.361. The highest BCUT2D eigenvalue weighted by atomic mass is 16.3. The summed E-state index contributed by atoms with van der Waals surface area (Å²) in [6, 6.07) is 19.6. The number of aryl methyl sites for hydroxylation is 2. The van der Waals surface area contributed by atoms with Gasteiger partial charge in [-0.05, 0) is 105 Å². The third kappa shape index (κ3) is 3.83. The Labute approximate surface area is 250 Å². The first kappa shape index (κ1) is 25.1. The molecular weight excluding hydrogens is 534 g/mol. The fourth-order valence-corrected chi connectivity index (χ4v) is 7.88. The van der Waals surface area contributed by atoms with Crippen LogP contribution in [0.15, 0.2) is 65.2 Å². The summed E-state index contributed by atoms with van der Waals surface area (Å²) in [6.07, 6.45) is 6.96. The predicted octanol–water partition coefficient (Wildman–Crippen LogP) is 7.66. The second kappa shape index (κ2) is 9.06. The van der Waals surface area contributed by atoms with Crippen molar-refractivity contribution in [3.8, 4) is 22.6 Å². The van der Waals surface area contributed by atoms with E-state index in [1.807, 2.05) is 29.7 Å². The molecule has 2 saturated carbocycles. The van der Waals surface area contributed by atoms with Crippen LogP contribution in [0.2, 0.25) is 0 Å². The van der Waals surface area contributed by atoms with E-state index < -0.39 is 0 Å². The smallest absolute Gasteiger partial charge is 0.254 e. The molecule has 6 aromatic rings. The lowest BCUT2D eigenvalue weighted by molar-refractivity contribution is 0.0696. The van der Waals surface area contributed by atoms with E-state index in [2.05, 4.69) is 76.0 Å². The van der Waals surface area contributed by atoms with Gasteiger partial charge in [-0.25, -0.2) is 0 Å². The third-order valence-electron chi connectivity index (χ3n) is 10.6. The summed E-state index contributed by atoms with van der Waals surface area (Å²) in [7, 11) is 0. The molecule has 5 heterocycles. The SMILES string of the molecule is Cc1c(-c2cc3ccc(-c4ccn5c(C)nnc5c4)cc3n2CC2CC2)oc2cc(C(=O)N3CC4CCC3C4C)ccc12. The molecule has 0 radical (unpaired) electrons. The summed E-state index contributed by atoms with van der Waals surface area (Å²) in [5.74, 6) is 3.88. The van der Waals surface area contributed by atoms with E-state index in [0.717, 1.165) is 75.7 Å². The Morgan fingerprint density at radius 2 is 1.81 bits per heavy atom. The van der Waals surface area contributed by atoms with Gasteiger partial charge in [0.2, 0.25) is 0 Å². The zero-order valence-electron chi connectivity index (χ0n) is 24.9. The predicted molar refractivity (Wildman–Crippen MR) is 168 cm³/mol. The molecule has 3 fully saturated rings. The highest BCUT2D eigenvalue weighted by molar-refractivity contribution is 6.00. The van der Waals surface area contributed by atoms with Gasteiger partial charge in [-0.1, -0.05) is 25.1 Å². The molecule has 7 heteroatoms. The Bertz CT molecular complexity index is 2090. The molecule has 2 aromatic carbocycles. The van der Waals surface area contributed by atoms with Crippen LogP contribution in [0.4, 0.5) is 0 Å². The molecule has 9 rings (SSSR count). The molecule has 3 atom stereocenters. The maximum absolute atomic E-state index is 13.6. The fourth-order valence-electron chi connectivity index (χ4n) is 7.88. The Hall–Kier alpha value is -4.39. The minimum absolute atomic E-state index is 0.145. The molecule has 216 valence electrons. The van der Waals surface area contributed by atoms with Crippen LogP contribution in [0.1, 0.15) is 54.4 Å².